The highest BCUT2D eigenvalue weighted by molar-refractivity contribution is 7.21. The number of nitrogens with zero attached hydrogens (tertiary/aromatic N) is 1. The predicted molar refractivity (Wildman–Crippen MR) is 98.9 cm³/mol. The number of rotatable bonds is 3. The second-order valence-electron chi connectivity index (χ2n) is 5.04. The summed E-state index contributed by atoms with van der Waals surface area (Å²) in [5.41, 5.74) is 2.11. The molecule has 3 aromatic heterocycles. The van der Waals surface area contributed by atoms with Gasteiger partial charge in [-0.1, -0.05) is 36.4 Å². The van der Waals surface area contributed by atoms with E-state index in [0.29, 0.717) is 11.2 Å². The van der Waals surface area contributed by atoms with Crippen LogP contribution in [0.4, 0.5) is 0 Å². The van der Waals surface area contributed by atoms with Gasteiger partial charge in [0.2, 0.25) is 0 Å². The standard InChI is InChI=1S/C18H12N2OS2/c21-17-14-10-15(13-4-2-1-3-5-13)23-18(14)20-16(19-17)7-6-12-8-9-22-11-12/h1-11H,(H,19,20,21)/b7-6+. The van der Waals surface area contributed by atoms with E-state index >= 15 is 0 Å². The summed E-state index contributed by atoms with van der Waals surface area (Å²) < 4.78 is 0. The molecule has 5 heteroatoms. The van der Waals surface area contributed by atoms with Crippen molar-refractivity contribution in [1.29, 1.82) is 0 Å². The highest BCUT2D eigenvalue weighted by Crippen LogP contribution is 2.30. The largest absolute Gasteiger partial charge is 0.306 e. The Bertz CT molecular complexity index is 1030. The number of nitrogens with one attached hydrogen (secondary N) is 1. The average Bonchev–Trinajstić information content (AvgIpc) is 3.23. The van der Waals surface area contributed by atoms with E-state index in [1.807, 2.05) is 65.4 Å². The number of fused-ring (bicyclic) bond motifs is 1. The van der Waals surface area contributed by atoms with Crippen molar-refractivity contribution in [3.05, 3.63) is 75.0 Å². The fraction of sp³-hybridized carbons (Fsp3) is 0. The Morgan fingerprint density at radius 2 is 1.96 bits per heavy atom. The lowest BCUT2D eigenvalue weighted by molar-refractivity contribution is 1.15. The summed E-state index contributed by atoms with van der Waals surface area (Å²) in [7, 11) is 0. The van der Waals surface area contributed by atoms with Crippen LogP contribution in [0.3, 0.4) is 0 Å². The molecule has 0 saturated heterocycles. The smallest absolute Gasteiger partial charge is 0.259 e. The zero-order chi connectivity index (χ0) is 15.6. The Kier molecular flexibility index (Phi) is 3.65. The third-order valence-electron chi connectivity index (χ3n) is 3.46. The summed E-state index contributed by atoms with van der Waals surface area (Å²) in [6, 6.07) is 14.0. The van der Waals surface area contributed by atoms with Gasteiger partial charge in [-0.05, 0) is 40.1 Å². The predicted octanol–water partition coefficient (Wildman–Crippen LogP) is 4.88. The van der Waals surface area contributed by atoms with Gasteiger partial charge >= 0.3 is 0 Å². The van der Waals surface area contributed by atoms with Crippen LogP contribution < -0.4 is 5.56 Å². The first-order valence-electron chi connectivity index (χ1n) is 7.09. The maximum atomic E-state index is 12.3. The number of thiophene rings is 2. The molecule has 3 nitrogen and oxygen atoms in total. The van der Waals surface area contributed by atoms with Crippen molar-refractivity contribution < 1.29 is 0 Å². The lowest BCUT2D eigenvalue weighted by Gasteiger charge is -1.93. The maximum absolute atomic E-state index is 12.3. The van der Waals surface area contributed by atoms with Gasteiger partial charge in [-0.25, -0.2) is 4.98 Å². The van der Waals surface area contributed by atoms with Gasteiger partial charge in [0.1, 0.15) is 10.7 Å². The van der Waals surface area contributed by atoms with Gasteiger partial charge in [0, 0.05) is 4.88 Å². The number of hydrogen-bond donors (Lipinski definition) is 1. The molecule has 0 radical (unpaired) electrons. The van der Waals surface area contributed by atoms with E-state index in [1.165, 1.54) is 11.3 Å². The second kappa shape index (κ2) is 5.95. The van der Waals surface area contributed by atoms with Gasteiger partial charge in [-0.2, -0.15) is 11.3 Å². The minimum atomic E-state index is -0.0987. The van der Waals surface area contributed by atoms with Crippen LogP contribution >= 0.6 is 22.7 Å². The molecular formula is C18H12N2OS2. The van der Waals surface area contributed by atoms with Crippen LogP contribution in [0.1, 0.15) is 11.4 Å². The van der Waals surface area contributed by atoms with E-state index < -0.39 is 0 Å². The molecule has 0 amide bonds. The molecule has 0 aliphatic heterocycles. The number of H-pyrrole nitrogens is 1. The number of aromatic nitrogens is 2. The van der Waals surface area contributed by atoms with Crippen molar-refractivity contribution in [3.63, 3.8) is 0 Å². The van der Waals surface area contributed by atoms with Crippen molar-refractivity contribution in [1.82, 2.24) is 9.97 Å². The zero-order valence-corrected chi connectivity index (χ0v) is 13.7. The molecule has 0 unspecified atom stereocenters. The Morgan fingerprint density at radius 3 is 2.74 bits per heavy atom. The molecule has 112 valence electrons. The fourth-order valence-electron chi connectivity index (χ4n) is 2.32. The van der Waals surface area contributed by atoms with Gasteiger partial charge in [0.05, 0.1) is 5.39 Å². The van der Waals surface area contributed by atoms with Gasteiger partial charge in [-0.3, -0.25) is 4.79 Å². The van der Waals surface area contributed by atoms with Gasteiger partial charge in [0.15, 0.2) is 0 Å². The first-order chi connectivity index (χ1) is 11.3. The number of hydrogen-bond acceptors (Lipinski definition) is 4. The Hall–Kier alpha value is -2.50. The summed E-state index contributed by atoms with van der Waals surface area (Å²) in [6.07, 6.45) is 3.79. The minimum absolute atomic E-state index is 0.0987. The second-order valence-corrected chi connectivity index (χ2v) is 6.85. The third kappa shape index (κ3) is 2.88. The van der Waals surface area contributed by atoms with E-state index in [4.69, 9.17) is 0 Å². The minimum Gasteiger partial charge on any atom is -0.306 e. The first-order valence-corrected chi connectivity index (χ1v) is 8.85. The Balaban J connectivity index is 1.77. The highest BCUT2D eigenvalue weighted by atomic mass is 32.1. The van der Waals surface area contributed by atoms with Gasteiger partial charge < -0.3 is 4.98 Å². The van der Waals surface area contributed by atoms with Crippen LogP contribution in [0, 0.1) is 0 Å². The SMILES string of the molecule is O=c1[nH]c(/C=C/c2ccsc2)nc2sc(-c3ccccc3)cc12. The topological polar surface area (TPSA) is 45.8 Å². The van der Waals surface area contributed by atoms with Crippen molar-refractivity contribution in [2.45, 2.75) is 0 Å². The molecule has 4 aromatic rings. The average molecular weight is 336 g/mol. The van der Waals surface area contributed by atoms with Crippen molar-refractivity contribution in [2.24, 2.45) is 0 Å². The summed E-state index contributed by atoms with van der Waals surface area (Å²) >= 11 is 3.18. The third-order valence-corrected chi connectivity index (χ3v) is 5.24. The summed E-state index contributed by atoms with van der Waals surface area (Å²) in [6.45, 7) is 0. The molecular weight excluding hydrogens is 324 g/mol. The van der Waals surface area contributed by atoms with E-state index in [1.54, 1.807) is 11.3 Å². The van der Waals surface area contributed by atoms with E-state index in [9.17, 15) is 4.79 Å². The summed E-state index contributed by atoms with van der Waals surface area (Å²) in [4.78, 5) is 21.5. The van der Waals surface area contributed by atoms with Gasteiger partial charge in [-0.15, -0.1) is 11.3 Å². The molecule has 0 bridgehead atoms. The highest BCUT2D eigenvalue weighted by Gasteiger charge is 2.09. The monoisotopic (exact) mass is 336 g/mol. The van der Waals surface area contributed by atoms with Crippen LogP contribution in [0.2, 0.25) is 0 Å². The molecule has 4 rings (SSSR count). The van der Waals surface area contributed by atoms with Crippen molar-refractivity contribution in [2.75, 3.05) is 0 Å². The molecule has 0 atom stereocenters. The van der Waals surface area contributed by atoms with Crippen LogP contribution in [-0.4, -0.2) is 9.97 Å². The molecule has 1 N–H and O–H groups in total. The van der Waals surface area contributed by atoms with Crippen LogP contribution in [0.25, 0.3) is 32.8 Å². The molecule has 3 heterocycles. The molecule has 0 spiro atoms. The van der Waals surface area contributed by atoms with E-state index in [2.05, 4.69) is 9.97 Å². The molecule has 0 saturated carbocycles. The Labute approximate surface area is 140 Å². The lowest BCUT2D eigenvalue weighted by Crippen LogP contribution is -2.07. The van der Waals surface area contributed by atoms with Crippen molar-refractivity contribution >= 4 is 45.0 Å². The van der Waals surface area contributed by atoms with E-state index in [-0.39, 0.29) is 5.56 Å². The van der Waals surface area contributed by atoms with Crippen LogP contribution in [-0.2, 0) is 0 Å². The molecule has 0 aliphatic carbocycles. The summed E-state index contributed by atoms with van der Waals surface area (Å²) in [5.74, 6) is 0.579. The van der Waals surface area contributed by atoms with Crippen LogP contribution in [0.5, 0.6) is 0 Å². The molecule has 0 aliphatic rings. The molecule has 23 heavy (non-hydrogen) atoms. The first kappa shape index (κ1) is 14.1. The Morgan fingerprint density at radius 1 is 1.09 bits per heavy atom. The molecule has 0 fully saturated rings. The normalized spacial score (nSPS) is 11.5. The molecule has 1 aromatic carbocycles. The summed E-state index contributed by atoms with van der Waals surface area (Å²) in [5, 5.41) is 4.71. The maximum Gasteiger partial charge on any atom is 0.259 e. The lowest BCUT2D eigenvalue weighted by atomic mass is 10.2. The van der Waals surface area contributed by atoms with Gasteiger partial charge in [0.25, 0.3) is 5.56 Å². The van der Waals surface area contributed by atoms with Crippen molar-refractivity contribution in [3.8, 4) is 10.4 Å². The van der Waals surface area contributed by atoms with E-state index in [0.717, 1.165) is 20.8 Å². The fourth-order valence-corrected chi connectivity index (χ4v) is 3.99. The number of aromatic amines is 1. The quantitative estimate of drug-likeness (QED) is 0.579. The number of benzene rings is 1. The van der Waals surface area contributed by atoms with Crippen LogP contribution in [0.15, 0.2) is 58.0 Å². The zero-order valence-electron chi connectivity index (χ0n) is 12.0.